The van der Waals surface area contributed by atoms with Crippen molar-refractivity contribution in [1.29, 1.82) is 0 Å². The van der Waals surface area contributed by atoms with Gasteiger partial charge >= 0.3 is 0 Å². The molecule has 1 saturated carbocycles. The molecule has 0 aliphatic heterocycles. The topological polar surface area (TPSA) is 46.3 Å². The number of thiophene rings is 1. The van der Waals surface area contributed by atoms with Crippen molar-refractivity contribution in [1.82, 2.24) is 4.90 Å². The first kappa shape index (κ1) is 13.6. The lowest BCUT2D eigenvalue weighted by Gasteiger charge is -2.32. The number of carbonyl (C=O) groups excluding carboxylic acids is 1. The van der Waals surface area contributed by atoms with Gasteiger partial charge in [-0.3, -0.25) is 4.79 Å². The lowest BCUT2D eigenvalue weighted by molar-refractivity contribution is -0.136. The van der Waals surface area contributed by atoms with Gasteiger partial charge in [0.2, 0.25) is 5.91 Å². The molecule has 0 radical (unpaired) electrons. The summed E-state index contributed by atoms with van der Waals surface area (Å²) in [6.07, 6.45) is 2.24. The van der Waals surface area contributed by atoms with Gasteiger partial charge in [0.15, 0.2) is 0 Å². The van der Waals surface area contributed by atoms with Crippen molar-refractivity contribution in [2.24, 2.45) is 11.1 Å². The molecular weight excluding hydrogens is 244 g/mol. The first-order valence-corrected chi connectivity index (χ1v) is 7.36. The molecule has 100 valence electrons. The van der Waals surface area contributed by atoms with Gasteiger partial charge in [0.25, 0.3) is 0 Å². The molecular formula is C14H22N2OS. The summed E-state index contributed by atoms with van der Waals surface area (Å²) in [5, 5.41) is 2.05. The summed E-state index contributed by atoms with van der Waals surface area (Å²) < 4.78 is 0. The van der Waals surface area contributed by atoms with E-state index in [0.717, 1.165) is 12.8 Å². The maximum absolute atomic E-state index is 12.5. The molecule has 0 saturated heterocycles. The largest absolute Gasteiger partial charge is 0.333 e. The summed E-state index contributed by atoms with van der Waals surface area (Å²) >= 11 is 1.70. The van der Waals surface area contributed by atoms with E-state index in [2.05, 4.69) is 11.4 Å². The Kier molecular flexibility index (Phi) is 3.78. The molecule has 1 aliphatic rings. The molecule has 18 heavy (non-hydrogen) atoms. The van der Waals surface area contributed by atoms with Crippen LogP contribution < -0.4 is 5.73 Å². The Morgan fingerprint density at radius 3 is 2.67 bits per heavy atom. The van der Waals surface area contributed by atoms with E-state index in [-0.39, 0.29) is 11.3 Å². The average Bonchev–Trinajstić information content (AvgIpc) is 3.00. The van der Waals surface area contributed by atoms with Gasteiger partial charge in [-0.25, -0.2) is 0 Å². The summed E-state index contributed by atoms with van der Waals surface area (Å²) in [6.45, 7) is 6.77. The zero-order valence-corrected chi connectivity index (χ0v) is 12.2. The Labute approximate surface area is 113 Å². The van der Waals surface area contributed by atoms with E-state index in [0.29, 0.717) is 12.6 Å². The fourth-order valence-electron chi connectivity index (χ4n) is 1.89. The molecule has 0 spiro atoms. The fraction of sp³-hybridized carbons (Fsp3) is 0.643. The average molecular weight is 266 g/mol. The minimum absolute atomic E-state index is 0.0957. The predicted octanol–water partition coefficient (Wildman–Crippen LogP) is 2.61. The van der Waals surface area contributed by atoms with E-state index in [9.17, 15) is 4.79 Å². The molecule has 1 aliphatic carbocycles. The highest BCUT2D eigenvalue weighted by molar-refractivity contribution is 7.09. The summed E-state index contributed by atoms with van der Waals surface area (Å²) in [4.78, 5) is 15.7. The van der Waals surface area contributed by atoms with E-state index in [1.807, 2.05) is 31.7 Å². The monoisotopic (exact) mass is 266 g/mol. The molecule has 3 nitrogen and oxygen atoms in total. The zero-order valence-electron chi connectivity index (χ0n) is 11.3. The van der Waals surface area contributed by atoms with Gasteiger partial charge in [0.05, 0.1) is 12.6 Å². The second kappa shape index (κ2) is 5.02. The molecule has 2 rings (SSSR count). The van der Waals surface area contributed by atoms with Crippen LogP contribution in [0.3, 0.4) is 0 Å². The van der Waals surface area contributed by atoms with Crippen molar-refractivity contribution >= 4 is 17.2 Å². The van der Waals surface area contributed by atoms with Crippen LogP contribution in [0.15, 0.2) is 17.5 Å². The fourth-order valence-corrected chi connectivity index (χ4v) is 2.60. The Balaban J connectivity index is 2.08. The summed E-state index contributed by atoms with van der Waals surface area (Å²) in [7, 11) is 0. The second-order valence-corrected chi connectivity index (χ2v) is 7.15. The summed E-state index contributed by atoms with van der Waals surface area (Å²) in [5.41, 5.74) is 5.92. The number of nitrogens with two attached hydrogens (primary N) is 1. The standard InChI is InChI=1S/C14H22N2OS/c1-14(2,3)12(15)13(17)16(10-6-7-10)9-11-5-4-8-18-11/h4-5,8,10,12H,6-7,9,15H2,1-3H3/t12-/m1/s1. The molecule has 0 bridgehead atoms. The lowest BCUT2D eigenvalue weighted by Crippen LogP contribution is -2.50. The Morgan fingerprint density at radius 1 is 1.56 bits per heavy atom. The normalized spacial score (nSPS) is 17.6. The number of rotatable bonds is 4. The van der Waals surface area contributed by atoms with Crippen molar-refractivity contribution in [2.45, 2.75) is 52.2 Å². The molecule has 2 N–H and O–H groups in total. The first-order chi connectivity index (χ1) is 8.39. The third kappa shape index (κ3) is 3.12. The van der Waals surface area contributed by atoms with Crippen LogP contribution in [-0.4, -0.2) is 22.9 Å². The van der Waals surface area contributed by atoms with Crippen molar-refractivity contribution in [2.75, 3.05) is 0 Å². The van der Waals surface area contributed by atoms with Gasteiger partial charge in [0, 0.05) is 10.9 Å². The maximum Gasteiger partial charge on any atom is 0.240 e. The van der Waals surface area contributed by atoms with Gasteiger partial charge in [-0.1, -0.05) is 26.8 Å². The summed E-state index contributed by atoms with van der Waals surface area (Å²) in [6, 6.07) is 4.10. The van der Waals surface area contributed by atoms with Crippen LogP contribution in [0.1, 0.15) is 38.5 Å². The quantitative estimate of drug-likeness (QED) is 0.910. The van der Waals surface area contributed by atoms with E-state index in [4.69, 9.17) is 5.73 Å². The molecule has 1 heterocycles. The lowest BCUT2D eigenvalue weighted by atomic mass is 9.86. The van der Waals surface area contributed by atoms with Crippen LogP contribution in [0.2, 0.25) is 0 Å². The van der Waals surface area contributed by atoms with Gasteiger partial charge < -0.3 is 10.6 Å². The number of nitrogens with zero attached hydrogens (tertiary/aromatic N) is 1. The smallest absolute Gasteiger partial charge is 0.240 e. The molecule has 4 heteroatoms. The second-order valence-electron chi connectivity index (χ2n) is 6.12. The van der Waals surface area contributed by atoms with Crippen molar-refractivity contribution in [3.63, 3.8) is 0 Å². The highest BCUT2D eigenvalue weighted by Gasteiger charge is 2.38. The molecule has 1 atom stereocenters. The minimum Gasteiger partial charge on any atom is -0.333 e. The molecule has 1 fully saturated rings. The Morgan fingerprint density at radius 2 is 2.22 bits per heavy atom. The van der Waals surface area contributed by atoms with E-state index < -0.39 is 6.04 Å². The highest BCUT2D eigenvalue weighted by Crippen LogP contribution is 2.31. The Hall–Kier alpha value is -0.870. The molecule has 1 amide bonds. The van der Waals surface area contributed by atoms with Crippen LogP contribution in [-0.2, 0) is 11.3 Å². The number of carbonyl (C=O) groups is 1. The van der Waals surface area contributed by atoms with Crippen molar-refractivity contribution in [3.8, 4) is 0 Å². The molecule has 0 aromatic carbocycles. The zero-order chi connectivity index (χ0) is 13.3. The minimum atomic E-state index is -0.418. The maximum atomic E-state index is 12.5. The van der Waals surface area contributed by atoms with Gasteiger partial charge in [-0.2, -0.15) is 0 Å². The number of hydrogen-bond donors (Lipinski definition) is 1. The van der Waals surface area contributed by atoms with Crippen LogP contribution in [0, 0.1) is 5.41 Å². The van der Waals surface area contributed by atoms with Crippen LogP contribution in [0.4, 0.5) is 0 Å². The van der Waals surface area contributed by atoms with Crippen molar-refractivity contribution < 1.29 is 4.79 Å². The highest BCUT2D eigenvalue weighted by atomic mass is 32.1. The number of hydrogen-bond acceptors (Lipinski definition) is 3. The predicted molar refractivity (Wildman–Crippen MR) is 75.3 cm³/mol. The van der Waals surface area contributed by atoms with Crippen LogP contribution in [0.25, 0.3) is 0 Å². The van der Waals surface area contributed by atoms with Gasteiger partial charge in [-0.15, -0.1) is 11.3 Å². The molecule has 0 unspecified atom stereocenters. The van der Waals surface area contributed by atoms with Crippen molar-refractivity contribution in [3.05, 3.63) is 22.4 Å². The SMILES string of the molecule is CC(C)(C)[C@H](N)C(=O)N(Cc1cccs1)C1CC1. The van der Waals surface area contributed by atoms with Gasteiger partial charge in [0.1, 0.15) is 0 Å². The van der Waals surface area contributed by atoms with E-state index >= 15 is 0 Å². The Bertz CT molecular complexity index is 404. The number of amides is 1. The molecule has 1 aromatic heterocycles. The first-order valence-electron chi connectivity index (χ1n) is 6.48. The van der Waals surface area contributed by atoms with E-state index in [1.165, 1.54) is 4.88 Å². The third-order valence-corrected chi connectivity index (χ3v) is 4.24. The van der Waals surface area contributed by atoms with Crippen LogP contribution >= 0.6 is 11.3 Å². The summed E-state index contributed by atoms with van der Waals surface area (Å²) in [5.74, 6) is 0.0957. The molecule has 1 aromatic rings. The van der Waals surface area contributed by atoms with Crippen LogP contribution in [0.5, 0.6) is 0 Å². The van der Waals surface area contributed by atoms with E-state index in [1.54, 1.807) is 11.3 Å². The third-order valence-electron chi connectivity index (χ3n) is 3.38. The van der Waals surface area contributed by atoms with Gasteiger partial charge in [-0.05, 0) is 29.7 Å².